The van der Waals surface area contributed by atoms with E-state index in [1.807, 2.05) is 36.9 Å². The number of carbonyl (C=O) groups is 1. The number of amides is 1. The van der Waals surface area contributed by atoms with Crippen molar-refractivity contribution in [3.05, 3.63) is 46.5 Å². The second-order valence-corrected chi connectivity index (χ2v) is 9.06. The van der Waals surface area contributed by atoms with Gasteiger partial charge in [0.25, 0.3) is 5.91 Å². The molecule has 0 unspecified atom stereocenters. The zero-order valence-electron chi connectivity index (χ0n) is 16.8. The average molecular weight is 388 g/mol. The van der Waals surface area contributed by atoms with Crippen molar-refractivity contribution in [3.63, 3.8) is 0 Å². The maximum Gasteiger partial charge on any atom is 0.266 e. The van der Waals surface area contributed by atoms with Crippen molar-refractivity contribution < 1.29 is 9.53 Å². The summed E-state index contributed by atoms with van der Waals surface area (Å²) in [5.41, 5.74) is 1.85. The number of hydrogen-bond donors (Lipinski definition) is 1. The Morgan fingerprint density at radius 1 is 1.30 bits per heavy atom. The highest BCUT2D eigenvalue weighted by Gasteiger charge is 2.38. The first-order chi connectivity index (χ1) is 12.8. The largest absolute Gasteiger partial charge is 0.366 e. The van der Waals surface area contributed by atoms with Crippen LogP contribution in [0.2, 0.25) is 0 Å². The summed E-state index contributed by atoms with van der Waals surface area (Å²) in [6.07, 6.45) is -0.142. The van der Waals surface area contributed by atoms with Crippen molar-refractivity contribution in [1.29, 1.82) is 0 Å². The second-order valence-electron chi connectivity index (χ2n) is 8.06. The molecule has 1 N–H and O–H groups in total. The molecule has 1 aliphatic rings. The monoisotopic (exact) mass is 387 g/mol. The van der Waals surface area contributed by atoms with Crippen molar-refractivity contribution in [2.75, 3.05) is 25.0 Å². The Labute approximate surface area is 165 Å². The summed E-state index contributed by atoms with van der Waals surface area (Å²) < 4.78 is 6.41. The van der Waals surface area contributed by atoms with Crippen LogP contribution in [0.1, 0.15) is 54.7 Å². The second kappa shape index (κ2) is 7.98. The van der Waals surface area contributed by atoms with Crippen LogP contribution in [0.4, 0.5) is 5.13 Å². The molecule has 0 spiro atoms. The van der Waals surface area contributed by atoms with Crippen molar-refractivity contribution in [3.8, 4) is 0 Å². The molecular weight excluding hydrogens is 358 g/mol. The van der Waals surface area contributed by atoms with E-state index in [0.29, 0.717) is 18.0 Å². The molecule has 1 aromatic carbocycles. The highest BCUT2D eigenvalue weighted by atomic mass is 32.1. The lowest BCUT2D eigenvalue weighted by Crippen LogP contribution is -2.51. The summed E-state index contributed by atoms with van der Waals surface area (Å²) in [4.78, 5) is 20.4. The van der Waals surface area contributed by atoms with Gasteiger partial charge >= 0.3 is 0 Å². The minimum atomic E-state index is -0.116. The van der Waals surface area contributed by atoms with Gasteiger partial charge in [-0.3, -0.25) is 4.79 Å². The smallest absolute Gasteiger partial charge is 0.266 e. The maximum atomic E-state index is 13.3. The molecule has 2 aromatic rings. The van der Waals surface area contributed by atoms with Crippen molar-refractivity contribution >= 4 is 22.4 Å². The Morgan fingerprint density at radius 3 is 2.63 bits per heavy atom. The summed E-state index contributed by atoms with van der Waals surface area (Å²) in [6, 6.07) is 10.2. The number of anilines is 1. The van der Waals surface area contributed by atoms with Crippen LogP contribution in [0.15, 0.2) is 30.3 Å². The minimum Gasteiger partial charge on any atom is -0.366 e. The molecule has 1 aliphatic heterocycles. The first kappa shape index (κ1) is 19.8. The number of ether oxygens (including phenoxy) is 1. The quantitative estimate of drug-likeness (QED) is 0.838. The molecule has 1 saturated heterocycles. The topological polar surface area (TPSA) is 54.5 Å². The molecule has 0 bridgehead atoms. The third-order valence-corrected chi connectivity index (χ3v) is 5.95. The highest BCUT2D eigenvalue weighted by Crippen LogP contribution is 2.35. The van der Waals surface area contributed by atoms with Crippen LogP contribution in [-0.4, -0.2) is 41.5 Å². The third-order valence-electron chi connectivity index (χ3n) is 4.84. The van der Waals surface area contributed by atoms with E-state index in [1.165, 1.54) is 11.3 Å². The zero-order chi connectivity index (χ0) is 19.6. The van der Waals surface area contributed by atoms with E-state index in [2.05, 4.69) is 43.2 Å². The van der Waals surface area contributed by atoms with E-state index in [4.69, 9.17) is 4.74 Å². The fourth-order valence-corrected chi connectivity index (χ4v) is 4.22. The molecule has 27 heavy (non-hydrogen) atoms. The summed E-state index contributed by atoms with van der Waals surface area (Å²) in [7, 11) is 0. The standard InChI is InChI=1S/C21H29N3O2S/c1-6-22-20-23-14(2)18(27-20)19(25)24-12-16(15-10-8-7-9-11-15)26-17(13-24)21(3,4)5/h7-11,16-17H,6,12-13H2,1-5H3,(H,22,23)/t16-,17+/m0/s1. The van der Waals surface area contributed by atoms with Gasteiger partial charge in [-0.2, -0.15) is 0 Å². The zero-order valence-corrected chi connectivity index (χ0v) is 17.6. The van der Waals surface area contributed by atoms with E-state index >= 15 is 0 Å². The van der Waals surface area contributed by atoms with Crippen LogP contribution in [0, 0.1) is 12.3 Å². The van der Waals surface area contributed by atoms with Crippen LogP contribution in [0.5, 0.6) is 0 Å². The minimum absolute atomic E-state index is 0.0260. The van der Waals surface area contributed by atoms with Gasteiger partial charge in [0.1, 0.15) is 11.0 Å². The number of thiazole rings is 1. The first-order valence-corrected chi connectivity index (χ1v) is 10.3. The predicted octanol–water partition coefficient (Wildman–Crippen LogP) is 4.51. The molecule has 2 heterocycles. The molecule has 0 saturated carbocycles. The fraction of sp³-hybridized carbons (Fsp3) is 0.524. The Hall–Kier alpha value is -1.92. The van der Waals surface area contributed by atoms with Crippen molar-refractivity contribution in [2.24, 2.45) is 5.41 Å². The predicted molar refractivity (Wildman–Crippen MR) is 110 cm³/mol. The Balaban J connectivity index is 1.87. The number of rotatable bonds is 4. The van der Waals surface area contributed by atoms with E-state index in [-0.39, 0.29) is 23.5 Å². The van der Waals surface area contributed by atoms with Crippen LogP contribution in [0.25, 0.3) is 0 Å². The van der Waals surface area contributed by atoms with E-state index in [1.54, 1.807) is 0 Å². The maximum absolute atomic E-state index is 13.3. The molecule has 0 aliphatic carbocycles. The number of nitrogens with one attached hydrogen (secondary N) is 1. The number of hydrogen-bond acceptors (Lipinski definition) is 5. The molecule has 2 atom stereocenters. The lowest BCUT2D eigenvalue weighted by molar-refractivity contribution is -0.119. The number of benzene rings is 1. The molecule has 5 nitrogen and oxygen atoms in total. The van der Waals surface area contributed by atoms with Gasteiger partial charge in [0.2, 0.25) is 0 Å². The molecule has 146 valence electrons. The van der Waals surface area contributed by atoms with Gasteiger partial charge in [-0.25, -0.2) is 4.98 Å². The summed E-state index contributed by atoms with van der Waals surface area (Å²) in [5, 5.41) is 4.01. The van der Waals surface area contributed by atoms with Gasteiger partial charge in [0.15, 0.2) is 5.13 Å². The van der Waals surface area contributed by atoms with E-state index in [9.17, 15) is 4.79 Å². The van der Waals surface area contributed by atoms with Gasteiger partial charge in [-0.15, -0.1) is 0 Å². The number of aryl methyl sites for hydroxylation is 1. The van der Waals surface area contributed by atoms with Crippen LogP contribution in [-0.2, 0) is 4.74 Å². The summed E-state index contributed by atoms with van der Waals surface area (Å²) in [6.45, 7) is 12.4. The SMILES string of the molecule is CCNc1nc(C)c(C(=O)N2C[C@@H](c3ccccc3)O[C@@H](C(C)(C)C)C2)s1. The Bertz CT molecular complexity index is 782. The lowest BCUT2D eigenvalue weighted by Gasteiger charge is -2.43. The molecule has 0 radical (unpaired) electrons. The van der Waals surface area contributed by atoms with E-state index < -0.39 is 0 Å². The molecule has 1 aromatic heterocycles. The van der Waals surface area contributed by atoms with Crippen LogP contribution < -0.4 is 5.32 Å². The average Bonchev–Trinajstić information content (AvgIpc) is 3.01. The number of nitrogens with zero attached hydrogens (tertiary/aromatic N) is 2. The molecular formula is C21H29N3O2S. The van der Waals surface area contributed by atoms with Gasteiger partial charge in [0.05, 0.1) is 18.3 Å². The number of carbonyl (C=O) groups excluding carboxylic acids is 1. The van der Waals surface area contributed by atoms with Gasteiger partial charge in [-0.05, 0) is 24.8 Å². The third kappa shape index (κ3) is 4.50. The summed E-state index contributed by atoms with van der Waals surface area (Å²) in [5.74, 6) is 0.0487. The van der Waals surface area contributed by atoms with Crippen LogP contribution >= 0.6 is 11.3 Å². The van der Waals surface area contributed by atoms with Crippen molar-refractivity contribution in [1.82, 2.24) is 9.88 Å². The first-order valence-electron chi connectivity index (χ1n) is 9.50. The molecule has 1 amide bonds. The van der Waals surface area contributed by atoms with Gasteiger partial charge in [-0.1, -0.05) is 62.4 Å². The molecule has 1 fully saturated rings. The fourth-order valence-electron chi connectivity index (χ4n) is 3.22. The summed E-state index contributed by atoms with van der Waals surface area (Å²) >= 11 is 1.44. The number of morpholine rings is 1. The van der Waals surface area contributed by atoms with Gasteiger partial charge in [0, 0.05) is 13.1 Å². The Kier molecular flexibility index (Phi) is 5.86. The molecule has 3 rings (SSSR count). The van der Waals surface area contributed by atoms with E-state index in [0.717, 1.165) is 22.9 Å². The normalized spacial score (nSPS) is 20.6. The lowest BCUT2D eigenvalue weighted by atomic mass is 9.87. The van der Waals surface area contributed by atoms with Crippen molar-refractivity contribution in [2.45, 2.75) is 46.8 Å². The Morgan fingerprint density at radius 2 is 2.00 bits per heavy atom. The molecule has 6 heteroatoms. The number of aromatic nitrogens is 1. The van der Waals surface area contributed by atoms with Crippen LogP contribution in [0.3, 0.4) is 0 Å². The highest BCUT2D eigenvalue weighted by molar-refractivity contribution is 7.17. The van der Waals surface area contributed by atoms with Gasteiger partial charge < -0.3 is 15.0 Å².